The number of rotatable bonds is 3. The number of hydrogen-bond donors (Lipinski definition) is 1. The van der Waals surface area contributed by atoms with E-state index >= 15 is 0 Å². The maximum Gasteiger partial charge on any atom is 0.264 e. The van der Waals surface area contributed by atoms with E-state index < -0.39 is 15.8 Å². The van der Waals surface area contributed by atoms with Gasteiger partial charge in [-0.25, -0.2) is 18.1 Å². The Morgan fingerprint density at radius 3 is 2.31 bits per heavy atom. The van der Waals surface area contributed by atoms with Gasteiger partial charge in [0.25, 0.3) is 15.9 Å². The Morgan fingerprint density at radius 2 is 1.64 bits per heavy atom. The molecule has 1 spiro atoms. The number of carbonyl (C=O) groups is 1. The maximum atomic E-state index is 14.5. The molecule has 1 N–H and O–H groups in total. The Labute approximate surface area is 265 Å². The Hall–Kier alpha value is -3.54. The standard InChI is InChI=1S/C34H42N4O6S/c1-22-8-6-9-23(2)30(22)28-19-29-36-32(35-28)37-45(40,41)27-11-7-10-24(18-27)31(39)38(26(21-42-29)20-33(3,4)5)25-12-14-34(15-13-25)43-16-17-44-34/h6-11,18-19,25-26H,12-17,20-21H2,1-5H3,(H,35,36,37)/t26-/m1/s1. The number of hydrogen-bond acceptors (Lipinski definition) is 8. The number of nitrogens with zero attached hydrogens (tertiary/aromatic N) is 3. The largest absolute Gasteiger partial charge is 0.475 e. The summed E-state index contributed by atoms with van der Waals surface area (Å²) >= 11 is 0. The number of ether oxygens (including phenoxy) is 3. The fourth-order valence-electron chi connectivity index (χ4n) is 6.88. The predicted octanol–water partition coefficient (Wildman–Crippen LogP) is 5.89. The normalized spacial score (nSPS) is 21.8. The van der Waals surface area contributed by atoms with Gasteiger partial charge < -0.3 is 19.1 Å². The van der Waals surface area contributed by atoms with Crippen molar-refractivity contribution in [3.05, 3.63) is 65.2 Å². The third-order valence-electron chi connectivity index (χ3n) is 8.88. The SMILES string of the molecule is Cc1cccc(C)c1-c1cc2nc(n1)NS(=O)(=O)c1cccc(c1)C(=O)N(C1CCC3(CC1)OCCO3)[C@H](CC(C)(C)C)CO2. The smallest absolute Gasteiger partial charge is 0.264 e. The van der Waals surface area contributed by atoms with Crippen molar-refractivity contribution in [2.75, 3.05) is 24.5 Å². The summed E-state index contributed by atoms with van der Waals surface area (Å²) in [6.07, 6.45) is 3.40. The van der Waals surface area contributed by atoms with Crippen LogP contribution in [0, 0.1) is 19.3 Å². The maximum absolute atomic E-state index is 14.5. The van der Waals surface area contributed by atoms with Crippen molar-refractivity contribution >= 4 is 21.9 Å². The molecule has 2 aliphatic heterocycles. The summed E-state index contributed by atoms with van der Waals surface area (Å²) in [4.78, 5) is 25.5. The van der Waals surface area contributed by atoms with Crippen LogP contribution in [0.4, 0.5) is 5.95 Å². The van der Waals surface area contributed by atoms with Crippen molar-refractivity contribution < 1.29 is 27.4 Å². The second-order valence-corrected chi connectivity index (χ2v) is 15.3. The van der Waals surface area contributed by atoms with E-state index in [0.29, 0.717) is 56.6 Å². The van der Waals surface area contributed by atoms with Crippen LogP contribution in [-0.4, -0.2) is 66.9 Å². The van der Waals surface area contributed by atoms with Crippen molar-refractivity contribution in [2.24, 2.45) is 5.41 Å². The first kappa shape index (κ1) is 31.4. The fourth-order valence-corrected chi connectivity index (χ4v) is 7.87. The molecule has 1 saturated carbocycles. The van der Waals surface area contributed by atoms with Crippen LogP contribution in [0.25, 0.3) is 11.3 Å². The molecule has 3 aliphatic rings. The van der Waals surface area contributed by atoms with Gasteiger partial charge in [0.05, 0.1) is 29.8 Å². The lowest BCUT2D eigenvalue weighted by Gasteiger charge is -2.45. The highest BCUT2D eigenvalue weighted by molar-refractivity contribution is 7.92. The molecule has 0 radical (unpaired) electrons. The summed E-state index contributed by atoms with van der Waals surface area (Å²) in [5.74, 6) is -0.680. The molecule has 45 heavy (non-hydrogen) atoms. The number of anilines is 1. The van der Waals surface area contributed by atoms with Gasteiger partial charge in [-0.05, 0) is 67.9 Å². The Balaban J connectivity index is 1.46. The predicted molar refractivity (Wildman–Crippen MR) is 171 cm³/mol. The highest BCUT2D eigenvalue weighted by Crippen LogP contribution is 2.40. The molecule has 4 bridgehead atoms. The Bertz CT molecular complexity index is 1670. The molecule has 0 unspecified atom stereocenters. The number of carbonyl (C=O) groups excluding carboxylic acids is 1. The lowest BCUT2D eigenvalue weighted by atomic mass is 9.84. The lowest BCUT2D eigenvalue weighted by molar-refractivity contribution is -0.184. The van der Waals surface area contributed by atoms with Crippen molar-refractivity contribution in [3.8, 4) is 17.1 Å². The van der Waals surface area contributed by atoms with E-state index in [4.69, 9.17) is 14.2 Å². The topological polar surface area (TPSA) is 120 Å². The number of amides is 1. The van der Waals surface area contributed by atoms with Gasteiger partial charge in [-0.2, -0.15) is 4.98 Å². The number of fused-ring (bicyclic) bond motifs is 4. The minimum absolute atomic E-state index is 0.0428. The van der Waals surface area contributed by atoms with Crippen LogP contribution >= 0.6 is 0 Å². The Morgan fingerprint density at radius 1 is 0.978 bits per heavy atom. The van der Waals surface area contributed by atoms with Crippen LogP contribution in [0.2, 0.25) is 0 Å². The van der Waals surface area contributed by atoms with Gasteiger partial charge in [-0.3, -0.25) is 4.79 Å². The summed E-state index contributed by atoms with van der Waals surface area (Å²) in [6.45, 7) is 11.7. The van der Waals surface area contributed by atoms with Crippen LogP contribution in [0.1, 0.15) is 74.4 Å². The molecule has 10 nitrogen and oxygen atoms in total. The zero-order chi connectivity index (χ0) is 32.0. The van der Waals surface area contributed by atoms with Gasteiger partial charge in [0.2, 0.25) is 11.8 Å². The molecule has 2 aromatic carbocycles. The summed E-state index contributed by atoms with van der Waals surface area (Å²) in [5.41, 5.74) is 3.58. The first-order valence-corrected chi connectivity index (χ1v) is 17.1. The van der Waals surface area contributed by atoms with Crippen LogP contribution in [0.3, 0.4) is 0 Å². The highest BCUT2D eigenvalue weighted by atomic mass is 32.2. The zero-order valence-electron chi connectivity index (χ0n) is 26.6. The van der Waals surface area contributed by atoms with Crippen molar-refractivity contribution in [2.45, 2.75) is 89.5 Å². The summed E-state index contributed by atoms with van der Waals surface area (Å²) < 4.78 is 48.2. The molecule has 2 fully saturated rings. The van der Waals surface area contributed by atoms with Gasteiger partial charge in [0.1, 0.15) is 6.61 Å². The molecule has 3 aromatic rings. The molecule has 3 heterocycles. The van der Waals surface area contributed by atoms with E-state index in [2.05, 4.69) is 35.5 Å². The number of aromatic nitrogens is 2. The molecule has 1 saturated heterocycles. The minimum Gasteiger partial charge on any atom is -0.475 e. The van der Waals surface area contributed by atoms with E-state index in [0.717, 1.165) is 16.7 Å². The van der Waals surface area contributed by atoms with Gasteiger partial charge in [0.15, 0.2) is 5.79 Å². The van der Waals surface area contributed by atoms with Gasteiger partial charge in [-0.1, -0.05) is 45.0 Å². The van der Waals surface area contributed by atoms with Crippen molar-refractivity contribution in [1.82, 2.24) is 14.9 Å². The molecule has 6 rings (SSSR count). The van der Waals surface area contributed by atoms with E-state index in [1.165, 1.54) is 12.1 Å². The molecular formula is C34H42N4O6S. The van der Waals surface area contributed by atoms with Crippen LogP contribution in [0.5, 0.6) is 5.88 Å². The average molecular weight is 635 g/mol. The van der Waals surface area contributed by atoms with E-state index in [1.807, 2.05) is 36.9 Å². The van der Waals surface area contributed by atoms with E-state index in [-0.39, 0.29) is 46.7 Å². The van der Waals surface area contributed by atoms with Gasteiger partial charge in [-0.15, -0.1) is 0 Å². The second kappa shape index (κ2) is 12.0. The Kier molecular flexibility index (Phi) is 8.38. The average Bonchev–Trinajstić information content (AvgIpc) is 3.43. The summed E-state index contributed by atoms with van der Waals surface area (Å²) in [5, 5.41) is 0. The summed E-state index contributed by atoms with van der Waals surface area (Å²) in [7, 11) is -4.14. The minimum atomic E-state index is -4.14. The monoisotopic (exact) mass is 634 g/mol. The first-order valence-electron chi connectivity index (χ1n) is 15.6. The van der Waals surface area contributed by atoms with Crippen molar-refractivity contribution in [3.63, 3.8) is 0 Å². The number of benzene rings is 2. The third kappa shape index (κ3) is 6.71. The summed E-state index contributed by atoms with van der Waals surface area (Å²) in [6, 6.07) is 13.4. The zero-order valence-corrected chi connectivity index (χ0v) is 27.4. The molecule has 240 valence electrons. The molecule has 1 atom stereocenters. The molecule has 11 heteroatoms. The number of nitrogens with one attached hydrogen (secondary N) is 1. The number of sulfonamides is 1. The van der Waals surface area contributed by atoms with Crippen molar-refractivity contribution in [1.29, 1.82) is 0 Å². The molecule has 1 amide bonds. The lowest BCUT2D eigenvalue weighted by Crippen LogP contribution is -2.53. The van der Waals surface area contributed by atoms with Crippen LogP contribution in [0.15, 0.2) is 53.4 Å². The third-order valence-corrected chi connectivity index (χ3v) is 10.2. The second-order valence-electron chi connectivity index (χ2n) is 13.6. The van der Waals surface area contributed by atoms with E-state index in [1.54, 1.807) is 18.2 Å². The first-order chi connectivity index (χ1) is 21.3. The quantitative estimate of drug-likeness (QED) is 0.379. The highest BCUT2D eigenvalue weighted by Gasteiger charge is 2.44. The molecule has 1 aromatic heterocycles. The fraction of sp³-hybridized carbons (Fsp3) is 0.500. The number of aryl methyl sites for hydroxylation is 2. The van der Waals surface area contributed by atoms with Gasteiger partial charge >= 0.3 is 0 Å². The van der Waals surface area contributed by atoms with Crippen LogP contribution in [-0.2, 0) is 19.5 Å². The van der Waals surface area contributed by atoms with E-state index in [9.17, 15) is 13.2 Å². The molecule has 1 aliphatic carbocycles. The van der Waals surface area contributed by atoms with Crippen LogP contribution < -0.4 is 9.46 Å². The molecular weight excluding hydrogens is 592 g/mol. The van der Waals surface area contributed by atoms with Gasteiger partial charge in [0, 0.05) is 36.1 Å².